The Balaban J connectivity index is 1.59. The minimum atomic E-state index is -0.969. The number of nitrogens with zero attached hydrogens (tertiary/aromatic N) is 3. The van der Waals surface area contributed by atoms with Crippen molar-refractivity contribution in [2.45, 2.75) is 64.5 Å². The first kappa shape index (κ1) is 27.4. The molecular formula is C29H34ClN5O3. The van der Waals surface area contributed by atoms with E-state index in [9.17, 15) is 14.7 Å². The lowest BCUT2D eigenvalue weighted by atomic mass is 9.81. The number of hydrogen-bond donors (Lipinski definition) is 3. The van der Waals surface area contributed by atoms with Gasteiger partial charge in [0.05, 0.1) is 28.4 Å². The molecule has 1 heterocycles. The van der Waals surface area contributed by atoms with Crippen LogP contribution < -0.4 is 11.1 Å². The highest BCUT2D eigenvalue weighted by molar-refractivity contribution is 6.31. The number of nitrogens with one attached hydrogen (secondary N) is 1. The molecule has 2 unspecified atom stereocenters. The first-order valence-corrected chi connectivity index (χ1v) is 13.1. The monoisotopic (exact) mass is 535 g/mol. The number of anilines is 2. The molecule has 2 aromatic carbocycles. The van der Waals surface area contributed by atoms with E-state index in [0.29, 0.717) is 35.9 Å². The van der Waals surface area contributed by atoms with Crippen molar-refractivity contribution >= 4 is 35.2 Å². The third-order valence-electron chi connectivity index (χ3n) is 7.30. The summed E-state index contributed by atoms with van der Waals surface area (Å²) in [6, 6.07) is 17.1. The van der Waals surface area contributed by atoms with Crippen LogP contribution in [0, 0.1) is 5.41 Å². The lowest BCUT2D eigenvalue weighted by Gasteiger charge is -2.38. The van der Waals surface area contributed by atoms with Gasteiger partial charge in [0.1, 0.15) is 0 Å². The van der Waals surface area contributed by atoms with Crippen LogP contribution in [0.1, 0.15) is 69.3 Å². The Kier molecular flexibility index (Phi) is 7.65. The quantitative estimate of drug-likeness (QED) is 0.295. The van der Waals surface area contributed by atoms with E-state index >= 15 is 0 Å². The molecule has 0 spiro atoms. The zero-order valence-corrected chi connectivity index (χ0v) is 22.9. The molecule has 2 atom stereocenters. The summed E-state index contributed by atoms with van der Waals surface area (Å²) >= 11 is 6.59. The normalized spacial score (nSPS) is 15.8. The van der Waals surface area contributed by atoms with Gasteiger partial charge < -0.3 is 16.2 Å². The van der Waals surface area contributed by atoms with Crippen molar-refractivity contribution in [2.75, 3.05) is 5.32 Å². The van der Waals surface area contributed by atoms with E-state index in [1.165, 1.54) is 4.90 Å². The van der Waals surface area contributed by atoms with Crippen molar-refractivity contribution in [3.63, 3.8) is 0 Å². The van der Waals surface area contributed by atoms with Crippen LogP contribution in [0.3, 0.4) is 0 Å². The molecule has 4 N–H and O–H groups in total. The molecule has 1 aliphatic rings. The van der Waals surface area contributed by atoms with Crippen molar-refractivity contribution in [3.05, 3.63) is 82.6 Å². The maximum absolute atomic E-state index is 12.5. The molecule has 1 aromatic heterocycles. The zero-order chi connectivity index (χ0) is 27.7. The predicted molar refractivity (Wildman–Crippen MR) is 149 cm³/mol. The number of benzene rings is 2. The van der Waals surface area contributed by atoms with Gasteiger partial charge in [-0.25, -0.2) is 14.8 Å². The number of primary amides is 1. The first-order chi connectivity index (χ1) is 17.9. The van der Waals surface area contributed by atoms with Gasteiger partial charge >= 0.3 is 6.09 Å². The summed E-state index contributed by atoms with van der Waals surface area (Å²) in [4.78, 5) is 34.9. The summed E-state index contributed by atoms with van der Waals surface area (Å²) < 4.78 is 0. The number of carbonyl (C=O) groups excluding carboxylic acids is 1. The Hall–Kier alpha value is -3.65. The lowest BCUT2D eigenvalue weighted by Crippen LogP contribution is -2.46. The van der Waals surface area contributed by atoms with Crippen LogP contribution in [0.2, 0.25) is 5.02 Å². The third kappa shape index (κ3) is 5.75. The second kappa shape index (κ2) is 10.6. The van der Waals surface area contributed by atoms with Gasteiger partial charge in [0, 0.05) is 17.1 Å². The molecule has 1 saturated carbocycles. The molecule has 0 saturated heterocycles. The maximum Gasteiger partial charge on any atom is 0.408 e. The summed E-state index contributed by atoms with van der Waals surface area (Å²) in [5, 5.41) is 13.3. The molecule has 0 radical (unpaired) electrons. The van der Waals surface area contributed by atoms with E-state index < -0.39 is 17.0 Å². The van der Waals surface area contributed by atoms with Gasteiger partial charge in [-0.05, 0) is 70.2 Å². The molecule has 0 bridgehead atoms. The average Bonchev–Trinajstić information content (AvgIpc) is 3.66. The summed E-state index contributed by atoms with van der Waals surface area (Å²) in [6.07, 6.45) is 2.56. The molecule has 200 valence electrons. The van der Waals surface area contributed by atoms with Crippen LogP contribution in [0.4, 0.5) is 16.4 Å². The van der Waals surface area contributed by atoms with Crippen LogP contribution >= 0.6 is 11.6 Å². The van der Waals surface area contributed by atoms with Crippen LogP contribution in [-0.2, 0) is 11.2 Å². The number of carboxylic acid groups (broad SMARTS) is 1. The topological polar surface area (TPSA) is 121 Å². The molecule has 9 heteroatoms. The fourth-order valence-electron chi connectivity index (χ4n) is 5.15. The molecule has 4 rings (SSSR count). The molecule has 1 fully saturated rings. The number of aromatic nitrogens is 2. The fourth-order valence-corrected chi connectivity index (χ4v) is 5.37. The van der Waals surface area contributed by atoms with Crippen molar-refractivity contribution < 1.29 is 14.7 Å². The standard InChI is InChI=1S/C29H34ClN5O3/c1-18(35(27(37)38)28(2,3)4)20-10-12-21(13-11-20)33-26-32-17-23(30)24(34-26)22(29(14-15-29)25(31)36)16-19-8-6-5-7-9-19/h5-13,17-18,22H,14-16H2,1-4H3,(H2,31,36)(H,37,38)(H,32,33,34). The average molecular weight is 536 g/mol. The summed E-state index contributed by atoms with van der Waals surface area (Å²) in [7, 11) is 0. The smallest absolute Gasteiger partial charge is 0.408 e. The Morgan fingerprint density at radius 2 is 1.76 bits per heavy atom. The van der Waals surface area contributed by atoms with Gasteiger partial charge in [-0.15, -0.1) is 0 Å². The van der Waals surface area contributed by atoms with Crippen molar-refractivity contribution in [1.29, 1.82) is 0 Å². The molecule has 2 amide bonds. The van der Waals surface area contributed by atoms with Gasteiger partial charge in [-0.2, -0.15) is 0 Å². The SMILES string of the molecule is CC(c1ccc(Nc2ncc(Cl)c(C(Cc3ccccc3)C3(C(N)=O)CC3)n2)cc1)N(C(=O)O)C(C)(C)C. The molecule has 8 nitrogen and oxygen atoms in total. The van der Waals surface area contributed by atoms with Crippen LogP contribution in [-0.4, -0.2) is 37.5 Å². The van der Waals surface area contributed by atoms with E-state index in [0.717, 1.165) is 16.8 Å². The predicted octanol–water partition coefficient (Wildman–Crippen LogP) is 6.30. The highest BCUT2D eigenvalue weighted by atomic mass is 35.5. The van der Waals surface area contributed by atoms with Gasteiger partial charge in [-0.1, -0.05) is 54.1 Å². The summed E-state index contributed by atoms with van der Waals surface area (Å²) in [6.45, 7) is 7.49. The first-order valence-electron chi connectivity index (χ1n) is 12.7. The summed E-state index contributed by atoms with van der Waals surface area (Å²) in [5.41, 5.74) is 7.91. The number of carbonyl (C=O) groups is 2. The van der Waals surface area contributed by atoms with Gasteiger partial charge in [0.15, 0.2) is 0 Å². The molecular weight excluding hydrogens is 502 g/mol. The molecule has 1 aliphatic carbocycles. The van der Waals surface area contributed by atoms with E-state index in [1.54, 1.807) is 6.20 Å². The highest BCUT2D eigenvalue weighted by Crippen LogP contribution is 2.57. The Morgan fingerprint density at radius 3 is 2.29 bits per heavy atom. The minimum absolute atomic E-state index is 0.277. The van der Waals surface area contributed by atoms with Gasteiger partial charge in [0.2, 0.25) is 11.9 Å². The van der Waals surface area contributed by atoms with E-state index in [1.807, 2.05) is 82.3 Å². The van der Waals surface area contributed by atoms with Crippen LogP contribution in [0.25, 0.3) is 0 Å². The maximum atomic E-state index is 12.5. The number of rotatable bonds is 9. The number of amides is 2. The summed E-state index contributed by atoms with van der Waals surface area (Å²) in [5.74, 6) is -0.260. The van der Waals surface area contributed by atoms with E-state index in [2.05, 4.69) is 10.3 Å². The van der Waals surface area contributed by atoms with Crippen molar-refractivity contribution in [3.8, 4) is 0 Å². The molecule has 38 heavy (non-hydrogen) atoms. The third-order valence-corrected chi connectivity index (χ3v) is 7.59. The molecule has 0 aliphatic heterocycles. The van der Waals surface area contributed by atoms with Crippen LogP contribution in [0.5, 0.6) is 0 Å². The Bertz CT molecular complexity index is 1300. The van der Waals surface area contributed by atoms with E-state index in [-0.39, 0.29) is 17.9 Å². The Morgan fingerprint density at radius 1 is 1.13 bits per heavy atom. The van der Waals surface area contributed by atoms with Gasteiger partial charge in [-0.3, -0.25) is 9.69 Å². The van der Waals surface area contributed by atoms with Crippen molar-refractivity contribution in [1.82, 2.24) is 14.9 Å². The number of nitrogens with two attached hydrogens (primary N) is 1. The minimum Gasteiger partial charge on any atom is -0.465 e. The number of halogens is 1. The van der Waals surface area contributed by atoms with Gasteiger partial charge in [0.25, 0.3) is 0 Å². The van der Waals surface area contributed by atoms with E-state index in [4.69, 9.17) is 22.3 Å². The second-order valence-electron chi connectivity index (χ2n) is 10.9. The zero-order valence-electron chi connectivity index (χ0n) is 22.1. The van der Waals surface area contributed by atoms with Crippen molar-refractivity contribution in [2.24, 2.45) is 11.1 Å². The largest absolute Gasteiger partial charge is 0.465 e. The van der Waals surface area contributed by atoms with Crippen LogP contribution in [0.15, 0.2) is 60.8 Å². The number of hydrogen-bond acceptors (Lipinski definition) is 5. The highest BCUT2D eigenvalue weighted by Gasteiger charge is 2.55. The lowest BCUT2D eigenvalue weighted by molar-refractivity contribution is -0.123. The molecule has 3 aromatic rings. The second-order valence-corrected chi connectivity index (χ2v) is 11.3. The fraction of sp³-hybridized carbons (Fsp3) is 0.379. The Labute approximate surface area is 228 Å².